The molecule has 0 aliphatic heterocycles. The van der Waals surface area contributed by atoms with Gasteiger partial charge < -0.3 is 0 Å². The molecule has 0 radical (unpaired) electrons. The van der Waals surface area contributed by atoms with Crippen LogP contribution >= 0.6 is 45.8 Å². The van der Waals surface area contributed by atoms with Crippen molar-refractivity contribution in [3.8, 4) is 0 Å². The van der Waals surface area contributed by atoms with Gasteiger partial charge in [-0.15, -0.1) is 0 Å². The zero-order valence-corrected chi connectivity index (χ0v) is 13.9. The van der Waals surface area contributed by atoms with E-state index in [0.29, 0.717) is 5.02 Å². The van der Waals surface area contributed by atoms with E-state index in [-0.39, 0.29) is 15.6 Å². The van der Waals surface area contributed by atoms with Gasteiger partial charge in [-0.3, -0.25) is 4.72 Å². The summed E-state index contributed by atoms with van der Waals surface area (Å²) in [7, 11) is -3.67. The molecule has 0 aromatic heterocycles. The number of anilines is 1. The van der Waals surface area contributed by atoms with Gasteiger partial charge >= 0.3 is 0 Å². The summed E-state index contributed by atoms with van der Waals surface area (Å²) in [6.45, 7) is 0. The molecule has 0 unspecified atom stereocenters. The molecular formula is C12H8Cl2INO2S. The Morgan fingerprint density at radius 3 is 2.26 bits per heavy atom. The lowest BCUT2D eigenvalue weighted by Crippen LogP contribution is -2.13. The van der Waals surface area contributed by atoms with E-state index in [0.717, 1.165) is 3.57 Å². The van der Waals surface area contributed by atoms with E-state index in [1.54, 1.807) is 30.3 Å². The number of hydrogen-bond acceptors (Lipinski definition) is 2. The fraction of sp³-hybridized carbons (Fsp3) is 0. The molecule has 100 valence electrons. The highest BCUT2D eigenvalue weighted by Crippen LogP contribution is 2.31. The second-order valence-corrected chi connectivity index (χ2v) is 7.37. The predicted molar refractivity (Wildman–Crippen MR) is 86.4 cm³/mol. The summed E-state index contributed by atoms with van der Waals surface area (Å²) in [6, 6.07) is 11.3. The Bertz CT molecular complexity index is 702. The predicted octanol–water partition coefficient (Wildman–Crippen LogP) is 4.40. The zero-order valence-electron chi connectivity index (χ0n) is 9.40. The Hall–Kier alpha value is -0.500. The second-order valence-electron chi connectivity index (χ2n) is 3.66. The number of halogens is 3. The Morgan fingerprint density at radius 2 is 1.63 bits per heavy atom. The van der Waals surface area contributed by atoms with Gasteiger partial charge in [-0.05, 0) is 59.0 Å². The van der Waals surface area contributed by atoms with Gasteiger partial charge in [0.2, 0.25) is 0 Å². The molecule has 0 heterocycles. The first-order chi connectivity index (χ1) is 8.90. The van der Waals surface area contributed by atoms with Crippen molar-refractivity contribution >= 4 is 61.5 Å². The minimum Gasteiger partial charge on any atom is -0.278 e. The van der Waals surface area contributed by atoms with Gasteiger partial charge in [0.05, 0.1) is 20.6 Å². The van der Waals surface area contributed by atoms with Crippen molar-refractivity contribution in [1.29, 1.82) is 0 Å². The third-order valence-corrected chi connectivity index (χ3v) is 5.24. The number of sulfonamides is 1. The minimum absolute atomic E-state index is 0.170. The van der Waals surface area contributed by atoms with Crippen molar-refractivity contribution in [1.82, 2.24) is 0 Å². The van der Waals surface area contributed by atoms with Crippen LogP contribution in [0.25, 0.3) is 0 Å². The standard InChI is InChI=1S/C12H8Cl2INO2S/c13-10-2-1-3-11(12(10)14)16-19(17,18)9-6-4-8(15)5-7-9/h1-7,16H. The van der Waals surface area contributed by atoms with Crippen LogP contribution in [0.2, 0.25) is 10.0 Å². The maximum Gasteiger partial charge on any atom is 0.261 e. The molecule has 0 spiro atoms. The summed E-state index contributed by atoms with van der Waals surface area (Å²) in [5.74, 6) is 0. The molecule has 2 rings (SSSR count). The molecule has 2 aromatic rings. The molecule has 0 amide bonds. The molecule has 7 heteroatoms. The van der Waals surface area contributed by atoms with Crippen molar-refractivity contribution in [3.05, 3.63) is 56.1 Å². The summed E-state index contributed by atoms with van der Waals surface area (Å²) in [5, 5.41) is 0.475. The lowest BCUT2D eigenvalue weighted by atomic mass is 10.3. The van der Waals surface area contributed by atoms with Crippen LogP contribution < -0.4 is 4.72 Å². The molecule has 2 aromatic carbocycles. The second kappa shape index (κ2) is 5.87. The van der Waals surface area contributed by atoms with Gasteiger partial charge in [0, 0.05) is 3.57 Å². The van der Waals surface area contributed by atoms with Gasteiger partial charge in [0.15, 0.2) is 0 Å². The summed E-state index contributed by atoms with van der Waals surface area (Å²) < 4.78 is 27.7. The first-order valence-electron chi connectivity index (χ1n) is 5.12. The van der Waals surface area contributed by atoms with E-state index in [9.17, 15) is 8.42 Å². The molecule has 0 atom stereocenters. The molecule has 19 heavy (non-hydrogen) atoms. The minimum atomic E-state index is -3.67. The quantitative estimate of drug-likeness (QED) is 0.738. The summed E-state index contributed by atoms with van der Waals surface area (Å²) in [4.78, 5) is 0.170. The highest BCUT2D eigenvalue weighted by molar-refractivity contribution is 14.1. The highest BCUT2D eigenvalue weighted by Gasteiger charge is 2.16. The van der Waals surface area contributed by atoms with Crippen molar-refractivity contribution in [2.24, 2.45) is 0 Å². The Labute approximate surface area is 135 Å². The third kappa shape index (κ3) is 3.53. The van der Waals surface area contributed by atoms with Crippen LogP contribution in [0.1, 0.15) is 0 Å². The van der Waals surface area contributed by atoms with Crippen LogP contribution in [0.4, 0.5) is 5.69 Å². The lowest BCUT2D eigenvalue weighted by Gasteiger charge is -2.10. The molecule has 0 saturated carbocycles. The fourth-order valence-electron chi connectivity index (χ4n) is 1.40. The molecule has 0 fully saturated rings. The molecule has 1 N–H and O–H groups in total. The van der Waals surface area contributed by atoms with E-state index >= 15 is 0 Å². The summed E-state index contributed by atoms with van der Waals surface area (Å²) in [6.07, 6.45) is 0. The molecular weight excluding hydrogens is 420 g/mol. The number of rotatable bonds is 3. The van der Waals surface area contributed by atoms with Gasteiger partial charge in [-0.2, -0.15) is 0 Å². The Kier molecular flexibility index (Phi) is 4.60. The van der Waals surface area contributed by atoms with Crippen LogP contribution in [-0.4, -0.2) is 8.42 Å². The highest BCUT2D eigenvalue weighted by atomic mass is 127. The normalized spacial score (nSPS) is 11.3. The smallest absolute Gasteiger partial charge is 0.261 e. The van der Waals surface area contributed by atoms with Crippen molar-refractivity contribution in [2.75, 3.05) is 4.72 Å². The van der Waals surface area contributed by atoms with Gasteiger partial charge in [-0.25, -0.2) is 8.42 Å². The number of hydrogen-bond donors (Lipinski definition) is 1. The van der Waals surface area contributed by atoms with Crippen molar-refractivity contribution in [3.63, 3.8) is 0 Å². The lowest BCUT2D eigenvalue weighted by molar-refractivity contribution is 0.601. The first kappa shape index (κ1) is 14.9. The average molecular weight is 428 g/mol. The van der Waals surface area contributed by atoms with Crippen LogP contribution in [0.15, 0.2) is 47.4 Å². The Balaban J connectivity index is 2.36. The van der Waals surface area contributed by atoms with Crippen molar-refractivity contribution in [2.45, 2.75) is 4.90 Å². The topological polar surface area (TPSA) is 46.2 Å². The van der Waals surface area contributed by atoms with Gasteiger partial charge in [-0.1, -0.05) is 29.3 Å². The van der Waals surface area contributed by atoms with Crippen LogP contribution in [0, 0.1) is 3.57 Å². The first-order valence-corrected chi connectivity index (χ1v) is 8.44. The van der Waals surface area contributed by atoms with Crippen LogP contribution in [0.5, 0.6) is 0 Å². The van der Waals surface area contributed by atoms with E-state index < -0.39 is 10.0 Å². The molecule has 3 nitrogen and oxygen atoms in total. The van der Waals surface area contributed by atoms with E-state index in [1.807, 2.05) is 0 Å². The molecule has 0 saturated heterocycles. The Morgan fingerprint density at radius 1 is 1.00 bits per heavy atom. The van der Waals surface area contributed by atoms with Crippen molar-refractivity contribution < 1.29 is 8.42 Å². The average Bonchev–Trinajstić information content (AvgIpc) is 2.35. The summed E-state index contributed by atoms with van der Waals surface area (Å²) >= 11 is 13.9. The zero-order chi connectivity index (χ0) is 14.0. The van der Waals surface area contributed by atoms with E-state index in [4.69, 9.17) is 23.2 Å². The monoisotopic (exact) mass is 427 g/mol. The third-order valence-electron chi connectivity index (χ3n) is 2.32. The molecule has 0 aliphatic carbocycles. The largest absolute Gasteiger partial charge is 0.278 e. The molecule has 0 aliphatic rings. The molecule has 0 bridgehead atoms. The van der Waals surface area contributed by atoms with E-state index in [2.05, 4.69) is 27.3 Å². The van der Waals surface area contributed by atoms with E-state index in [1.165, 1.54) is 12.1 Å². The fourth-order valence-corrected chi connectivity index (χ4v) is 3.24. The van der Waals surface area contributed by atoms with Crippen LogP contribution in [-0.2, 0) is 10.0 Å². The SMILES string of the molecule is O=S(=O)(Nc1cccc(Cl)c1Cl)c1ccc(I)cc1. The van der Waals surface area contributed by atoms with Gasteiger partial charge in [0.1, 0.15) is 0 Å². The number of nitrogens with one attached hydrogen (secondary N) is 1. The van der Waals surface area contributed by atoms with Gasteiger partial charge in [0.25, 0.3) is 10.0 Å². The summed E-state index contributed by atoms with van der Waals surface area (Å²) in [5.41, 5.74) is 0.257. The number of benzene rings is 2. The maximum atomic E-state index is 12.2. The van der Waals surface area contributed by atoms with Crippen LogP contribution in [0.3, 0.4) is 0 Å². The maximum absolute atomic E-state index is 12.2.